The van der Waals surface area contributed by atoms with Gasteiger partial charge in [0.2, 0.25) is 11.0 Å². The van der Waals surface area contributed by atoms with Gasteiger partial charge in [-0.1, -0.05) is 53.8 Å². The summed E-state index contributed by atoms with van der Waals surface area (Å²) in [5, 5.41) is 12.0. The number of fused-ring (bicyclic) bond motifs is 1. The van der Waals surface area contributed by atoms with E-state index in [9.17, 15) is 4.79 Å². The fourth-order valence-corrected chi connectivity index (χ4v) is 4.44. The molecule has 2 aromatic heterocycles. The first-order valence-corrected chi connectivity index (χ1v) is 9.82. The maximum absolute atomic E-state index is 13.2. The lowest BCUT2D eigenvalue weighted by Crippen LogP contribution is -2.39. The normalized spacial score (nSPS) is 13.4. The molecule has 5 nitrogen and oxygen atoms in total. The van der Waals surface area contributed by atoms with Crippen LogP contribution in [0.3, 0.4) is 0 Å². The third-order valence-corrected chi connectivity index (χ3v) is 5.98. The van der Waals surface area contributed by atoms with E-state index in [0.29, 0.717) is 11.6 Å². The highest BCUT2D eigenvalue weighted by molar-refractivity contribution is 7.18. The summed E-state index contributed by atoms with van der Waals surface area (Å²) in [7, 11) is 0. The standard InChI is InChI=1S/C19H16N4OS2/c1-19(13-7-3-2-4-8-13,17(24)22-18-23-20-12-25-18)11-16-21-14-9-5-6-10-15(14)26-16/h2-10,12H,11H2,1H3,(H,22,23,24)/t19-/m1/s1. The van der Waals surface area contributed by atoms with Crippen LogP contribution in [0.25, 0.3) is 10.2 Å². The zero-order valence-electron chi connectivity index (χ0n) is 14.0. The van der Waals surface area contributed by atoms with E-state index in [4.69, 9.17) is 4.98 Å². The minimum atomic E-state index is -0.763. The molecule has 1 N–H and O–H groups in total. The summed E-state index contributed by atoms with van der Waals surface area (Å²) in [6, 6.07) is 17.8. The van der Waals surface area contributed by atoms with Crippen LogP contribution in [0.15, 0.2) is 60.1 Å². The fraction of sp³-hybridized carbons (Fsp3) is 0.158. The molecule has 0 radical (unpaired) electrons. The Hall–Kier alpha value is -2.64. The molecule has 0 unspecified atom stereocenters. The Morgan fingerprint density at radius 1 is 1.12 bits per heavy atom. The molecule has 130 valence electrons. The number of carbonyl (C=O) groups is 1. The van der Waals surface area contributed by atoms with Crippen LogP contribution in [0.2, 0.25) is 0 Å². The molecule has 0 bridgehead atoms. The number of anilines is 1. The average molecular weight is 380 g/mol. The van der Waals surface area contributed by atoms with Crippen molar-refractivity contribution in [2.45, 2.75) is 18.8 Å². The Morgan fingerprint density at radius 3 is 2.62 bits per heavy atom. The molecule has 7 heteroatoms. The van der Waals surface area contributed by atoms with Gasteiger partial charge in [-0.3, -0.25) is 10.1 Å². The molecule has 4 aromatic rings. The van der Waals surface area contributed by atoms with Crippen molar-refractivity contribution in [1.29, 1.82) is 0 Å². The minimum absolute atomic E-state index is 0.111. The van der Waals surface area contributed by atoms with Crippen LogP contribution in [0.4, 0.5) is 5.13 Å². The zero-order chi connectivity index (χ0) is 18.0. The van der Waals surface area contributed by atoms with E-state index in [1.807, 2.05) is 55.5 Å². The number of para-hydroxylation sites is 1. The quantitative estimate of drug-likeness (QED) is 0.561. The summed E-state index contributed by atoms with van der Waals surface area (Å²) in [4.78, 5) is 17.9. The van der Waals surface area contributed by atoms with Crippen LogP contribution in [0.1, 0.15) is 17.5 Å². The number of benzene rings is 2. The smallest absolute Gasteiger partial charge is 0.237 e. The highest BCUT2D eigenvalue weighted by Crippen LogP contribution is 2.33. The second-order valence-electron chi connectivity index (χ2n) is 6.15. The first-order chi connectivity index (χ1) is 12.6. The van der Waals surface area contributed by atoms with Gasteiger partial charge < -0.3 is 0 Å². The largest absolute Gasteiger partial charge is 0.300 e. The Bertz CT molecular complexity index is 997. The van der Waals surface area contributed by atoms with E-state index in [2.05, 4.69) is 21.6 Å². The fourth-order valence-electron chi connectivity index (χ4n) is 2.88. The molecular formula is C19H16N4OS2. The number of carbonyl (C=O) groups excluding carboxylic acids is 1. The summed E-state index contributed by atoms with van der Waals surface area (Å²) in [6.45, 7) is 1.95. The lowest BCUT2D eigenvalue weighted by Gasteiger charge is -2.27. The van der Waals surface area contributed by atoms with E-state index in [-0.39, 0.29) is 5.91 Å². The van der Waals surface area contributed by atoms with Crippen LogP contribution in [0.5, 0.6) is 0 Å². The average Bonchev–Trinajstić information content (AvgIpc) is 3.31. The van der Waals surface area contributed by atoms with Gasteiger partial charge in [-0.05, 0) is 24.6 Å². The van der Waals surface area contributed by atoms with Crippen molar-refractivity contribution >= 4 is 43.9 Å². The van der Waals surface area contributed by atoms with E-state index in [0.717, 1.165) is 20.8 Å². The van der Waals surface area contributed by atoms with Crippen molar-refractivity contribution in [3.63, 3.8) is 0 Å². The van der Waals surface area contributed by atoms with Crippen LogP contribution >= 0.6 is 22.7 Å². The number of thiazole rings is 1. The summed E-state index contributed by atoms with van der Waals surface area (Å²) in [5.74, 6) is -0.111. The van der Waals surface area contributed by atoms with Crippen LogP contribution in [0, 0.1) is 0 Å². The van der Waals surface area contributed by atoms with Gasteiger partial charge >= 0.3 is 0 Å². The Morgan fingerprint density at radius 2 is 1.88 bits per heavy atom. The molecule has 1 atom stereocenters. The highest BCUT2D eigenvalue weighted by atomic mass is 32.1. The molecule has 0 aliphatic carbocycles. The van der Waals surface area contributed by atoms with Gasteiger partial charge in [0.15, 0.2) is 0 Å². The van der Waals surface area contributed by atoms with E-state index in [1.165, 1.54) is 11.3 Å². The predicted octanol–water partition coefficient (Wildman–Crippen LogP) is 4.29. The predicted molar refractivity (Wildman–Crippen MR) is 106 cm³/mol. The van der Waals surface area contributed by atoms with Crippen molar-refractivity contribution in [1.82, 2.24) is 15.2 Å². The van der Waals surface area contributed by atoms with Gasteiger partial charge in [-0.25, -0.2) is 4.98 Å². The summed E-state index contributed by atoms with van der Waals surface area (Å²) < 4.78 is 1.13. The van der Waals surface area contributed by atoms with Gasteiger partial charge in [-0.15, -0.1) is 21.5 Å². The Kier molecular flexibility index (Phi) is 4.48. The third kappa shape index (κ3) is 3.23. The van der Waals surface area contributed by atoms with E-state index in [1.54, 1.807) is 16.8 Å². The molecule has 0 spiro atoms. The van der Waals surface area contributed by atoms with Gasteiger partial charge in [0.1, 0.15) is 5.51 Å². The zero-order valence-corrected chi connectivity index (χ0v) is 15.7. The number of amides is 1. The maximum atomic E-state index is 13.2. The maximum Gasteiger partial charge on any atom is 0.237 e. The molecule has 2 aromatic carbocycles. The number of nitrogens with one attached hydrogen (secondary N) is 1. The summed E-state index contributed by atoms with van der Waals surface area (Å²) >= 11 is 2.93. The number of hydrogen-bond donors (Lipinski definition) is 1. The van der Waals surface area contributed by atoms with E-state index < -0.39 is 5.41 Å². The first kappa shape index (κ1) is 16.8. The van der Waals surface area contributed by atoms with Crippen LogP contribution < -0.4 is 5.32 Å². The summed E-state index contributed by atoms with van der Waals surface area (Å²) in [5.41, 5.74) is 2.75. The molecule has 0 saturated heterocycles. The molecule has 26 heavy (non-hydrogen) atoms. The third-order valence-electron chi connectivity index (χ3n) is 4.34. The van der Waals surface area contributed by atoms with Gasteiger partial charge in [0, 0.05) is 6.42 Å². The van der Waals surface area contributed by atoms with Gasteiger partial charge in [-0.2, -0.15) is 0 Å². The van der Waals surface area contributed by atoms with Crippen molar-refractivity contribution < 1.29 is 4.79 Å². The minimum Gasteiger partial charge on any atom is -0.300 e. The molecule has 0 aliphatic rings. The van der Waals surface area contributed by atoms with Crippen LogP contribution in [-0.2, 0) is 16.6 Å². The van der Waals surface area contributed by atoms with Crippen molar-refractivity contribution in [3.05, 3.63) is 70.7 Å². The second kappa shape index (κ2) is 6.93. The lowest BCUT2D eigenvalue weighted by atomic mass is 9.78. The molecule has 0 saturated carbocycles. The number of rotatable bonds is 5. The highest BCUT2D eigenvalue weighted by Gasteiger charge is 2.37. The Balaban J connectivity index is 1.71. The first-order valence-electron chi connectivity index (χ1n) is 8.13. The van der Waals surface area contributed by atoms with Crippen molar-refractivity contribution in [3.8, 4) is 0 Å². The molecular weight excluding hydrogens is 364 g/mol. The Labute approximate surface area is 158 Å². The molecule has 0 aliphatic heterocycles. The van der Waals surface area contributed by atoms with E-state index >= 15 is 0 Å². The SMILES string of the molecule is C[C@](Cc1nc2ccccc2s1)(C(=O)Nc1nncs1)c1ccccc1. The van der Waals surface area contributed by atoms with Crippen molar-refractivity contribution in [2.24, 2.45) is 0 Å². The van der Waals surface area contributed by atoms with Gasteiger partial charge in [0.05, 0.1) is 20.6 Å². The van der Waals surface area contributed by atoms with Crippen LogP contribution in [-0.4, -0.2) is 21.1 Å². The summed E-state index contributed by atoms with van der Waals surface area (Å²) in [6.07, 6.45) is 0.515. The molecule has 2 heterocycles. The van der Waals surface area contributed by atoms with Crippen molar-refractivity contribution in [2.75, 3.05) is 5.32 Å². The number of hydrogen-bond acceptors (Lipinski definition) is 6. The number of nitrogens with zero attached hydrogens (tertiary/aromatic N) is 3. The molecule has 0 fully saturated rings. The van der Waals surface area contributed by atoms with Gasteiger partial charge in [0.25, 0.3) is 0 Å². The molecule has 1 amide bonds. The second-order valence-corrected chi connectivity index (χ2v) is 8.10. The topological polar surface area (TPSA) is 67.8 Å². The number of aromatic nitrogens is 3. The lowest BCUT2D eigenvalue weighted by molar-refractivity contribution is -0.121. The molecule has 4 rings (SSSR count). The monoisotopic (exact) mass is 380 g/mol.